The summed E-state index contributed by atoms with van der Waals surface area (Å²) in [6.07, 6.45) is 5.90. The van der Waals surface area contributed by atoms with E-state index in [4.69, 9.17) is 9.72 Å². The zero-order valence-electron chi connectivity index (χ0n) is 17.8. The molecule has 0 unspecified atom stereocenters. The summed E-state index contributed by atoms with van der Waals surface area (Å²) < 4.78 is 9.37. The van der Waals surface area contributed by atoms with Crippen molar-refractivity contribution in [2.45, 2.75) is 25.7 Å². The number of nitrogens with zero attached hydrogens (tertiary/aromatic N) is 3. The predicted octanol–water partition coefficient (Wildman–Crippen LogP) is 3.08. The summed E-state index contributed by atoms with van der Waals surface area (Å²) in [5.74, 6) is 1.13. The van der Waals surface area contributed by atoms with Crippen LogP contribution in [0, 0.1) is 5.92 Å². The smallest absolute Gasteiger partial charge is 0.256 e. The van der Waals surface area contributed by atoms with Crippen molar-refractivity contribution in [1.29, 1.82) is 0 Å². The molecular weight excluding hydrogens is 382 g/mol. The second-order valence-electron chi connectivity index (χ2n) is 7.78. The number of hydrogen-bond acceptors (Lipinski definition) is 4. The zero-order chi connectivity index (χ0) is 21.4. The summed E-state index contributed by atoms with van der Waals surface area (Å²) in [6, 6.07) is 5.74. The largest absolute Gasteiger partial charge is 0.494 e. The maximum atomic E-state index is 12.5. The Bertz CT molecular complexity index is 1120. The summed E-state index contributed by atoms with van der Waals surface area (Å²) in [5, 5.41) is 5.67. The van der Waals surface area contributed by atoms with Crippen molar-refractivity contribution in [2.75, 3.05) is 19.5 Å². The maximum Gasteiger partial charge on any atom is 0.256 e. The van der Waals surface area contributed by atoms with E-state index >= 15 is 0 Å². The van der Waals surface area contributed by atoms with Gasteiger partial charge >= 0.3 is 0 Å². The van der Waals surface area contributed by atoms with Gasteiger partial charge in [0.1, 0.15) is 5.69 Å². The molecule has 4 rings (SSSR count). The molecule has 158 valence electrons. The number of fused-ring (bicyclic) bond motifs is 1. The number of imidazole rings is 1. The fourth-order valence-corrected chi connectivity index (χ4v) is 4.29. The molecule has 1 saturated carbocycles. The maximum absolute atomic E-state index is 12.5. The molecule has 0 bridgehead atoms. The van der Waals surface area contributed by atoms with E-state index in [1.54, 1.807) is 20.4 Å². The molecule has 1 aromatic carbocycles. The number of rotatable bonds is 5. The van der Waals surface area contributed by atoms with E-state index in [0.29, 0.717) is 22.8 Å². The van der Waals surface area contributed by atoms with Crippen LogP contribution in [0.1, 0.15) is 36.0 Å². The Kier molecular flexibility index (Phi) is 5.24. The lowest BCUT2D eigenvalue weighted by atomic mass is 10.1. The van der Waals surface area contributed by atoms with Crippen LogP contribution in [0.4, 0.5) is 5.69 Å². The molecule has 1 aliphatic rings. The van der Waals surface area contributed by atoms with Gasteiger partial charge in [0.15, 0.2) is 11.6 Å². The zero-order valence-corrected chi connectivity index (χ0v) is 17.8. The quantitative estimate of drug-likeness (QED) is 0.678. The van der Waals surface area contributed by atoms with Crippen molar-refractivity contribution in [3.63, 3.8) is 0 Å². The molecule has 0 atom stereocenters. The fourth-order valence-electron chi connectivity index (χ4n) is 4.29. The summed E-state index contributed by atoms with van der Waals surface area (Å²) in [7, 11) is 6.92. The summed E-state index contributed by atoms with van der Waals surface area (Å²) in [6.45, 7) is 0. The molecular formula is C22H27N5O3. The van der Waals surface area contributed by atoms with Crippen molar-refractivity contribution < 1.29 is 14.3 Å². The van der Waals surface area contributed by atoms with Crippen LogP contribution in [0.3, 0.4) is 0 Å². The van der Waals surface area contributed by atoms with Crippen LogP contribution in [0.2, 0.25) is 0 Å². The molecule has 1 fully saturated rings. The number of amides is 2. The highest BCUT2D eigenvalue weighted by molar-refractivity contribution is 5.99. The molecule has 8 heteroatoms. The van der Waals surface area contributed by atoms with Gasteiger partial charge in [-0.2, -0.15) is 0 Å². The van der Waals surface area contributed by atoms with Crippen LogP contribution in [0.25, 0.3) is 22.6 Å². The van der Waals surface area contributed by atoms with Gasteiger partial charge in [-0.1, -0.05) is 12.8 Å². The van der Waals surface area contributed by atoms with Gasteiger partial charge in [-0.25, -0.2) is 4.98 Å². The molecule has 8 nitrogen and oxygen atoms in total. The summed E-state index contributed by atoms with van der Waals surface area (Å²) >= 11 is 0. The standard InChI is InChI=1S/C22H27N5O3/c1-23-22(29)15-12-26(2)18(19(15)30-4)20-25-16-11-14(9-10-17(16)27(20)3)24-21(28)13-7-5-6-8-13/h9-13H,5-8H2,1-4H3,(H,23,29)(H,24,28). The SMILES string of the molecule is CNC(=O)c1cn(C)c(-c2nc3cc(NC(=O)C4CCCC4)ccc3n2C)c1OC. The Morgan fingerprint density at radius 2 is 1.93 bits per heavy atom. The fraction of sp³-hybridized carbons (Fsp3) is 0.409. The van der Waals surface area contributed by atoms with Gasteiger partial charge in [0, 0.05) is 38.9 Å². The molecule has 30 heavy (non-hydrogen) atoms. The highest BCUT2D eigenvalue weighted by atomic mass is 16.5. The predicted molar refractivity (Wildman–Crippen MR) is 116 cm³/mol. The average molecular weight is 409 g/mol. The van der Waals surface area contributed by atoms with Gasteiger partial charge in [-0.05, 0) is 31.0 Å². The molecule has 3 aromatic rings. The van der Waals surface area contributed by atoms with Gasteiger partial charge in [-0.3, -0.25) is 9.59 Å². The van der Waals surface area contributed by atoms with Crippen molar-refractivity contribution >= 4 is 28.5 Å². The van der Waals surface area contributed by atoms with Crippen LogP contribution in [-0.2, 0) is 18.9 Å². The number of benzene rings is 1. The normalized spacial score (nSPS) is 14.3. The summed E-state index contributed by atoms with van der Waals surface area (Å²) in [5.41, 5.74) is 3.60. The number of carbonyl (C=O) groups is 2. The van der Waals surface area contributed by atoms with E-state index in [0.717, 1.165) is 42.4 Å². The van der Waals surface area contributed by atoms with E-state index in [9.17, 15) is 9.59 Å². The average Bonchev–Trinajstić information content (AvgIpc) is 3.45. The number of methoxy groups -OCH3 is 1. The van der Waals surface area contributed by atoms with Gasteiger partial charge in [-0.15, -0.1) is 0 Å². The van der Waals surface area contributed by atoms with Gasteiger partial charge < -0.3 is 24.5 Å². The van der Waals surface area contributed by atoms with Crippen molar-refractivity contribution in [3.05, 3.63) is 30.0 Å². The molecule has 2 N–H and O–H groups in total. The number of hydrogen-bond donors (Lipinski definition) is 2. The molecule has 2 aromatic heterocycles. The molecule has 0 radical (unpaired) electrons. The molecule has 0 spiro atoms. The Morgan fingerprint density at radius 1 is 1.20 bits per heavy atom. The van der Waals surface area contributed by atoms with E-state index < -0.39 is 0 Å². The van der Waals surface area contributed by atoms with Crippen molar-refractivity contribution in [2.24, 2.45) is 20.0 Å². The van der Waals surface area contributed by atoms with Crippen LogP contribution >= 0.6 is 0 Å². The second-order valence-corrected chi connectivity index (χ2v) is 7.78. The minimum atomic E-state index is -0.218. The van der Waals surface area contributed by atoms with Crippen LogP contribution < -0.4 is 15.4 Å². The van der Waals surface area contributed by atoms with Gasteiger partial charge in [0.2, 0.25) is 5.91 Å². The molecule has 0 aliphatic heterocycles. The number of ether oxygens (including phenoxy) is 1. The number of nitrogens with one attached hydrogen (secondary N) is 2. The van der Waals surface area contributed by atoms with E-state index in [-0.39, 0.29) is 17.7 Å². The Labute approximate surface area is 175 Å². The van der Waals surface area contributed by atoms with E-state index in [2.05, 4.69) is 10.6 Å². The monoisotopic (exact) mass is 409 g/mol. The topological polar surface area (TPSA) is 90.2 Å². The highest BCUT2D eigenvalue weighted by Gasteiger charge is 2.25. The van der Waals surface area contributed by atoms with Crippen molar-refractivity contribution in [3.8, 4) is 17.3 Å². The molecule has 2 amide bonds. The first kappa shape index (κ1) is 20.0. The minimum absolute atomic E-state index is 0.0855. The minimum Gasteiger partial charge on any atom is -0.494 e. The Hall–Kier alpha value is -3.29. The first-order valence-corrected chi connectivity index (χ1v) is 10.2. The highest BCUT2D eigenvalue weighted by Crippen LogP contribution is 2.36. The van der Waals surface area contributed by atoms with Crippen LogP contribution in [0.5, 0.6) is 5.75 Å². The second kappa shape index (κ2) is 7.85. The lowest BCUT2D eigenvalue weighted by Gasteiger charge is -2.10. The Morgan fingerprint density at radius 3 is 2.60 bits per heavy atom. The number of aryl methyl sites for hydroxylation is 2. The van der Waals surface area contributed by atoms with Gasteiger partial charge in [0.05, 0.1) is 23.7 Å². The third-order valence-electron chi connectivity index (χ3n) is 5.90. The van der Waals surface area contributed by atoms with Gasteiger partial charge in [0.25, 0.3) is 5.91 Å². The lowest BCUT2D eigenvalue weighted by molar-refractivity contribution is -0.119. The first-order chi connectivity index (χ1) is 14.4. The van der Waals surface area contributed by atoms with Crippen molar-refractivity contribution in [1.82, 2.24) is 19.4 Å². The third kappa shape index (κ3) is 3.32. The third-order valence-corrected chi connectivity index (χ3v) is 5.90. The van der Waals surface area contributed by atoms with Crippen LogP contribution in [0.15, 0.2) is 24.4 Å². The lowest BCUT2D eigenvalue weighted by Crippen LogP contribution is -2.20. The number of carbonyl (C=O) groups excluding carboxylic acids is 2. The molecule has 2 heterocycles. The van der Waals surface area contributed by atoms with E-state index in [1.165, 1.54) is 0 Å². The van der Waals surface area contributed by atoms with E-state index in [1.807, 2.05) is 41.4 Å². The molecule has 1 aliphatic carbocycles. The number of anilines is 1. The van der Waals surface area contributed by atoms with Crippen LogP contribution in [-0.4, -0.2) is 40.1 Å². The Balaban J connectivity index is 1.73. The first-order valence-electron chi connectivity index (χ1n) is 10.2. The summed E-state index contributed by atoms with van der Waals surface area (Å²) in [4.78, 5) is 29.5. The number of aromatic nitrogens is 3. The molecule has 0 saturated heterocycles.